The van der Waals surface area contributed by atoms with E-state index in [-0.39, 0.29) is 6.03 Å². The summed E-state index contributed by atoms with van der Waals surface area (Å²) in [7, 11) is 4.24. The first-order valence-corrected chi connectivity index (χ1v) is 9.17. The van der Waals surface area contributed by atoms with Gasteiger partial charge in [-0.15, -0.1) is 11.3 Å². The number of hydrogen-bond donors (Lipinski definition) is 2. The zero-order valence-electron chi connectivity index (χ0n) is 14.7. The molecule has 1 aromatic heterocycles. The van der Waals surface area contributed by atoms with Crippen LogP contribution in [0.15, 0.2) is 0 Å². The molecule has 6 nitrogen and oxygen atoms in total. The normalized spacial score (nSPS) is 19.7. The highest BCUT2D eigenvalue weighted by Crippen LogP contribution is 2.17. The first-order chi connectivity index (χ1) is 11.0. The predicted molar refractivity (Wildman–Crippen MR) is 95.2 cm³/mol. The van der Waals surface area contributed by atoms with Gasteiger partial charge in [-0.1, -0.05) is 6.92 Å². The zero-order valence-corrected chi connectivity index (χ0v) is 15.5. The molecule has 0 spiro atoms. The van der Waals surface area contributed by atoms with Gasteiger partial charge < -0.3 is 15.5 Å². The number of thiazole rings is 1. The minimum Gasteiger partial charge on any atom is -0.338 e. The number of amides is 2. The Labute approximate surface area is 143 Å². The summed E-state index contributed by atoms with van der Waals surface area (Å²) in [4.78, 5) is 22.4. The summed E-state index contributed by atoms with van der Waals surface area (Å²) in [5, 5.41) is 7.01. The third-order valence-corrected chi connectivity index (χ3v) is 5.45. The fourth-order valence-corrected chi connectivity index (χ4v) is 3.82. The smallest absolute Gasteiger partial charge is 0.314 e. The van der Waals surface area contributed by atoms with Gasteiger partial charge >= 0.3 is 6.03 Å². The van der Waals surface area contributed by atoms with Gasteiger partial charge in [0.2, 0.25) is 0 Å². The lowest BCUT2D eigenvalue weighted by Crippen LogP contribution is -2.55. The average molecular weight is 340 g/mol. The third-order valence-electron chi connectivity index (χ3n) is 4.37. The number of likely N-dealkylation sites (N-methyl/N-ethyl adjacent to an activating group) is 2. The van der Waals surface area contributed by atoms with Gasteiger partial charge in [-0.2, -0.15) is 0 Å². The number of hydrogen-bond acceptors (Lipinski definition) is 5. The molecular weight excluding hydrogens is 310 g/mol. The van der Waals surface area contributed by atoms with E-state index in [0.717, 1.165) is 37.5 Å². The second kappa shape index (κ2) is 8.61. The number of nitrogens with zero attached hydrogens (tertiary/aromatic N) is 3. The highest BCUT2D eigenvalue weighted by molar-refractivity contribution is 7.11. The van der Waals surface area contributed by atoms with Crippen LogP contribution in [0, 0.1) is 6.92 Å². The fourth-order valence-electron chi connectivity index (χ4n) is 2.80. The van der Waals surface area contributed by atoms with Gasteiger partial charge in [0.15, 0.2) is 0 Å². The van der Waals surface area contributed by atoms with Crippen molar-refractivity contribution in [1.82, 2.24) is 25.4 Å². The van der Waals surface area contributed by atoms with Gasteiger partial charge in [-0.05, 0) is 27.4 Å². The second-order valence-electron chi connectivity index (χ2n) is 6.25. The van der Waals surface area contributed by atoms with Crippen molar-refractivity contribution in [2.45, 2.75) is 32.7 Å². The van der Waals surface area contributed by atoms with Gasteiger partial charge in [0.1, 0.15) is 0 Å². The molecule has 7 heteroatoms. The van der Waals surface area contributed by atoms with Crippen LogP contribution in [0.3, 0.4) is 0 Å². The van der Waals surface area contributed by atoms with E-state index in [0.29, 0.717) is 19.1 Å². The highest BCUT2D eigenvalue weighted by atomic mass is 32.1. The Morgan fingerprint density at radius 2 is 2.13 bits per heavy atom. The number of aryl methyl sites for hydroxylation is 2. The van der Waals surface area contributed by atoms with Crippen molar-refractivity contribution in [2.24, 2.45) is 0 Å². The summed E-state index contributed by atoms with van der Waals surface area (Å²) in [6.07, 6.45) is 1.77. The van der Waals surface area contributed by atoms with Crippen LogP contribution in [0.4, 0.5) is 4.79 Å². The molecule has 1 aliphatic heterocycles. The maximum Gasteiger partial charge on any atom is 0.314 e. The average Bonchev–Trinajstić information content (AvgIpc) is 2.88. The topological polar surface area (TPSA) is 60.5 Å². The summed E-state index contributed by atoms with van der Waals surface area (Å²) >= 11 is 1.73. The van der Waals surface area contributed by atoms with Crippen LogP contribution < -0.4 is 10.6 Å². The first kappa shape index (κ1) is 18.2. The lowest BCUT2D eigenvalue weighted by molar-refractivity contribution is 0.114. The van der Waals surface area contributed by atoms with Crippen LogP contribution in [0.25, 0.3) is 0 Å². The predicted octanol–water partition coefficient (Wildman–Crippen LogP) is 1.10. The molecule has 0 aliphatic carbocycles. The van der Waals surface area contributed by atoms with Gasteiger partial charge in [0.05, 0.1) is 10.7 Å². The Hall–Kier alpha value is -1.18. The lowest BCUT2D eigenvalue weighted by atomic mass is 10.2. The molecule has 0 unspecified atom stereocenters. The Morgan fingerprint density at radius 1 is 1.35 bits per heavy atom. The Bertz CT molecular complexity index is 519. The molecular formula is C16H29N5OS. The quantitative estimate of drug-likeness (QED) is 0.815. The van der Waals surface area contributed by atoms with Crippen molar-refractivity contribution in [3.05, 3.63) is 15.6 Å². The van der Waals surface area contributed by atoms with Crippen LogP contribution in [0.1, 0.15) is 22.5 Å². The SMILES string of the molecule is CCc1nc(CCNC(=O)NC[C@@H]2CN(C)CCN2C)sc1C. The molecule has 2 rings (SSSR count). The Morgan fingerprint density at radius 3 is 2.83 bits per heavy atom. The summed E-state index contributed by atoms with van der Waals surface area (Å²) in [5.41, 5.74) is 1.18. The van der Waals surface area contributed by atoms with Gasteiger partial charge in [0.25, 0.3) is 0 Å². The van der Waals surface area contributed by atoms with E-state index in [1.807, 2.05) is 0 Å². The molecule has 1 saturated heterocycles. The molecule has 0 radical (unpaired) electrons. The number of piperazine rings is 1. The lowest BCUT2D eigenvalue weighted by Gasteiger charge is -2.37. The molecule has 2 N–H and O–H groups in total. The van der Waals surface area contributed by atoms with Gasteiger partial charge in [-0.3, -0.25) is 4.90 Å². The minimum absolute atomic E-state index is 0.0874. The second-order valence-corrected chi connectivity index (χ2v) is 7.54. The summed E-state index contributed by atoms with van der Waals surface area (Å²) < 4.78 is 0. The van der Waals surface area contributed by atoms with Crippen molar-refractivity contribution in [3.8, 4) is 0 Å². The minimum atomic E-state index is -0.0874. The Balaban J connectivity index is 1.66. The number of aromatic nitrogens is 1. The van der Waals surface area contributed by atoms with E-state index in [4.69, 9.17) is 0 Å². The number of nitrogens with one attached hydrogen (secondary N) is 2. The molecule has 1 fully saturated rings. The maximum atomic E-state index is 11.9. The number of carbonyl (C=O) groups is 1. The van der Waals surface area contributed by atoms with E-state index in [9.17, 15) is 4.79 Å². The van der Waals surface area contributed by atoms with Crippen LogP contribution in [0.5, 0.6) is 0 Å². The van der Waals surface area contributed by atoms with Crippen molar-refractivity contribution in [1.29, 1.82) is 0 Å². The van der Waals surface area contributed by atoms with Crippen LogP contribution in [0.2, 0.25) is 0 Å². The molecule has 1 aromatic rings. The monoisotopic (exact) mass is 339 g/mol. The molecule has 0 bridgehead atoms. The summed E-state index contributed by atoms with van der Waals surface area (Å²) in [6, 6.07) is 0.295. The highest BCUT2D eigenvalue weighted by Gasteiger charge is 2.22. The first-order valence-electron chi connectivity index (χ1n) is 8.35. The molecule has 2 amide bonds. The van der Waals surface area contributed by atoms with E-state index in [1.165, 1.54) is 10.6 Å². The summed E-state index contributed by atoms with van der Waals surface area (Å²) in [5.74, 6) is 0. The molecule has 1 aliphatic rings. The third kappa shape index (κ3) is 5.44. The Kier molecular flexibility index (Phi) is 6.80. The number of carbonyl (C=O) groups excluding carboxylic acids is 1. The largest absolute Gasteiger partial charge is 0.338 e. The van der Waals surface area contributed by atoms with Crippen LogP contribution in [-0.4, -0.2) is 73.7 Å². The standard InChI is InChI=1S/C16H29N5OS/c1-5-14-12(2)23-15(19-14)6-7-17-16(22)18-10-13-11-20(3)8-9-21(13)4/h13H,5-11H2,1-4H3,(H2,17,18,22)/t13-/m1/s1. The van der Waals surface area contributed by atoms with Crippen molar-refractivity contribution >= 4 is 17.4 Å². The molecule has 130 valence electrons. The number of urea groups is 1. The van der Waals surface area contributed by atoms with E-state index in [1.54, 1.807) is 11.3 Å². The zero-order chi connectivity index (χ0) is 16.8. The summed E-state index contributed by atoms with van der Waals surface area (Å²) in [6.45, 7) is 8.68. The van der Waals surface area contributed by atoms with E-state index in [2.05, 4.69) is 53.4 Å². The van der Waals surface area contributed by atoms with Crippen LogP contribution in [-0.2, 0) is 12.8 Å². The van der Waals surface area contributed by atoms with Gasteiger partial charge in [-0.25, -0.2) is 9.78 Å². The molecule has 1 atom stereocenters. The number of rotatable bonds is 6. The fraction of sp³-hybridized carbons (Fsp3) is 0.750. The van der Waals surface area contributed by atoms with Gasteiger partial charge in [0, 0.05) is 50.1 Å². The molecule has 2 heterocycles. The van der Waals surface area contributed by atoms with E-state index >= 15 is 0 Å². The van der Waals surface area contributed by atoms with Crippen molar-refractivity contribution in [3.63, 3.8) is 0 Å². The van der Waals surface area contributed by atoms with Crippen molar-refractivity contribution < 1.29 is 4.79 Å². The van der Waals surface area contributed by atoms with Crippen LogP contribution >= 0.6 is 11.3 Å². The van der Waals surface area contributed by atoms with E-state index < -0.39 is 0 Å². The van der Waals surface area contributed by atoms with Crippen molar-refractivity contribution in [2.75, 3.05) is 46.8 Å². The molecule has 23 heavy (non-hydrogen) atoms. The molecule has 0 aromatic carbocycles. The molecule has 0 saturated carbocycles. The maximum absolute atomic E-state index is 11.9.